The summed E-state index contributed by atoms with van der Waals surface area (Å²) in [7, 11) is 0. The monoisotopic (exact) mass is 294 g/mol. The topological polar surface area (TPSA) is 55.2 Å². The molecular formula is C12H11BrN2O2. The average Bonchev–Trinajstić information content (AvgIpc) is 2.32. The Morgan fingerprint density at radius 1 is 1.29 bits per heavy atom. The molecule has 0 aliphatic carbocycles. The molecule has 0 saturated heterocycles. The molecule has 2 aromatic heterocycles. The molecule has 0 unspecified atom stereocenters. The first-order valence-electron chi connectivity index (χ1n) is 5.04. The predicted molar refractivity (Wildman–Crippen MR) is 66.9 cm³/mol. The molecule has 0 aliphatic rings. The molecule has 0 amide bonds. The fourth-order valence-corrected chi connectivity index (χ4v) is 1.72. The smallest absolute Gasteiger partial charge is 0.222 e. The zero-order valence-electron chi connectivity index (χ0n) is 9.22. The Hall–Kier alpha value is -1.46. The molecular weight excluding hydrogens is 284 g/mol. The number of aliphatic hydroxyl groups is 1. The van der Waals surface area contributed by atoms with Crippen molar-refractivity contribution in [1.82, 2.24) is 9.97 Å². The van der Waals surface area contributed by atoms with E-state index in [-0.39, 0.29) is 6.61 Å². The number of halogens is 1. The van der Waals surface area contributed by atoms with E-state index in [2.05, 4.69) is 25.9 Å². The minimum atomic E-state index is -0.0213. The van der Waals surface area contributed by atoms with Crippen LogP contribution in [-0.2, 0) is 6.61 Å². The lowest BCUT2D eigenvalue weighted by Gasteiger charge is -2.08. The first-order chi connectivity index (χ1) is 8.19. The SMILES string of the molecule is Cc1cc(CO)cnc1Oc1cncc(Br)c1. The van der Waals surface area contributed by atoms with Crippen molar-refractivity contribution in [3.8, 4) is 11.6 Å². The van der Waals surface area contributed by atoms with Crippen LogP contribution in [0, 0.1) is 6.92 Å². The van der Waals surface area contributed by atoms with Gasteiger partial charge in [-0.3, -0.25) is 4.98 Å². The summed E-state index contributed by atoms with van der Waals surface area (Å²) in [6.45, 7) is 1.86. The van der Waals surface area contributed by atoms with Crippen LogP contribution >= 0.6 is 15.9 Å². The van der Waals surface area contributed by atoms with Crippen molar-refractivity contribution >= 4 is 15.9 Å². The third-order valence-electron chi connectivity index (χ3n) is 2.16. The highest BCUT2D eigenvalue weighted by atomic mass is 79.9. The zero-order chi connectivity index (χ0) is 12.3. The van der Waals surface area contributed by atoms with Crippen LogP contribution in [0.15, 0.2) is 35.2 Å². The molecule has 2 heterocycles. The number of nitrogens with zero attached hydrogens (tertiary/aromatic N) is 2. The fourth-order valence-electron chi connectivity index (χ4n) is 1.37. The highest BCUT2D eigenvalue weighted by molar-refractivity contribution is 9.10. The summed E-state index contributed by atoms with van der Waals surface area (Å²) in [6, 6.07) is 3.65. The number of ether oxygens (including phenoxy) is 1. The molecule has 0 spiro atoms. The van der Waals surface area contributed by atoms with Gasteiger partial charge in [0.1, 0.15) is 5.75 Å². The Morgan fingerprint density at radius 3 is 2.76 bits per heavy atom. The molecule has 88 valence electrons. The van der Waals surface area contributed by atoms with Crippen LogP contribution < -0.4 is 4.74 Å². The third-order valence-corrected chi connectivity index (χ3v) is 2.60. The summed E-state index contributed by atoms with van der Waals surface area (Å²) in [4.78, 5) is 8.15. The molecule has 0 aromatic carbocycles. The van der Waals surface area contributed by atoms with Gasteiger partial charge in [0.05, 0.1) is 12.8 Å². The van der Waals surface area contributed by atoms with Gasteiger partial charge >= 0.3 is 0 Å². The first kappa shape index (κ1) is 12.0. The van der Waals surface area contributed by atoms with Gasteiger partial charge in [-0.2, -0.15) is 0 Å². The van der Waals surface area contributed by atoms with E-state index in [1.165, 1.54) is 0 Å². The Kier molecular flexibility index (Phi) is 3.71. The van der Waals surface area contributed by atoms with Crippen molar-refractivity contribution in [2.45, 2.75) is 13.5 Å². The normalized spacial score (nSPS) is 10.3. The minimum Gasteiger partial charge on any atom is -0.437 e. The highest BCUT2D eigenvalue weighted by Crippen LogP contribution is 2.24. The van der Waals surface area contributed by atoms with Gasteiger partial charge in [0.15, 0.2) is 0 Å². The molecule has 5 heteroatoms. The molecule has 2 aromatic rings. The van der Waals surface area contributed by atoms with Crippen LogP contribution in [0.2, 0.25) is 0 Å². The van der Waals surface area contributed by atoms with E-state index in [1.807, 2.05) is 19.1 Å². The second-order valence-electron chi connectivity index (χ2n) is 3.56. The third kappa shape index (κ3) is 3.01. The first-order valence-corrected chi connectivity index (χ1v) is 5.83. The molecule has 0 atom stereocenters. The highest BCUT2D eigenvalue weighted by Gasteiger charge is 2.05. The molecule has 0 bridgehead atoms. The van der Waals surface area contributed by atoms with Crippen LogP contribution in [-0.4, -0.2) is 15.1 Å². The molecule has 0 aliphatic heterocycles. The molecule has 17 heavy (non-hydrogen) atoms. The second-order valence-corrected chi connectivity index (χ2v) is 4.48. The summed E-state index contributed by atoms with van der Waals surface area (Å²) < 4.78 is 6.45. The van der Waals surface area contributed by atoms with Crippen molar-refractivity contribution in [1.29, 1.82) is 0 Å². The van der Waals surface area contributed by atoms with Gasteiger partial charge in [0, 0.05) is 22.4 Å². The van der Waals surface area contributed by atoms with Gasteiger partial charge in [0.2, 0.25) is 5.88 Å². The van der Waals surface area contributed by atoms with Crippen molar-refractivity contribution in [3.05, 3.63) is 46.3 Å². The Morgan fingerprint density at radius 2 is 2.12 bits per heavy atom. The van der Waals surface area contributed by atoms with Crippen molar-refractivity contribution in [3.63, 3.8) is 0 Å². The molecule has 0 fully saturated rings. The predicted octanol–water partition coefficient (Wildman–Crippen LogP) is 2.83. The summed E-state index contributed by atoms with van der Waals surface area (Å²) >= 11 is 3.32. The van der Waals surface area contributed by atoms with Gasteiger partial charge in [0.25, 0.3) is 0 Å². The van der Waals surface area contributed by atoms with E-state index in [4.69, 9.17) is 9.84 Å². The number of aryl methyl sites for hydroxylation is 1. The number of hydrogen-bond donors (Lipinski definition) is 1. The van der Waals surface area contributed by atoms with E-state index in [9.17, 15) is 0 Å². The van der Waals surface area contributed by atoms with E-state index >= 15 is 0 Å². The van der Waals surface area contributed by atoms with Crippen LogP contribution in [0.4, 0.5) is 0 Å². The standard InChI is InChI=1S/C12H11BrN2O2/c1-8-2-9(7-16)4-15-12(8)17-11-3-10(13)5-14-6-11/h2-6,16H,7H2,1H3. The summed E-state index contributed by atoms with van der Waals surface area (Å²) in [5.41, 5.74) is 1.64. The lowest BCUT2D eigenvalue weighted by atomic mass is 10.2. The zero-order valence-corrected chi connectivity index (χ0v) is 10.8. The maximum Gasteiger partial charge on any atom is 0.222 e. The number of rotatable bonds is 3. The number of aliphatic hydroxyl groups excluding tert-OH is 1. The summed E-state index contributed by atoms with van der Waals surface area (Å²) in [5, 5.41) is 8.98. The molecule has 0 saturated carbocycles. The molecule has 1 N–H and O–H groups in total. The Bertz CT molecular complexity index is 532. The van der Waals surface area contributed by atoms with E-state index in [1.54, 1.807) is 18.6 Å². The maximum absolute atomic E-state index is 8.98. The number of hydrogen-bond acceptors (Lipinski definition) is 4. The van der Waals surface area contributed by atoms with E-state index in [0.717, 1.165) is 15.6 Å². The van der Waals surface area contributed by atoms with E-state index < -0.39 is 0 Å². The lowest BCUT2D eigenvalue weighted by molar-refractivity contribution is 0.281. The molecule has 2 rings (SSSR count). The molecule has 4 nitrogen and oxygen atoms in total. The largest absolute Gasteiger partial charge is 0.437 e. The van der Waals surface area contributed by atoms with Crippen molar-refractivity contribution < 1.29 is 9.84 Å². The van der Waals surface area contributed by atoms with Crippen molar-refractivity contribution in [2.24, 2.45) is 0 Å². The quantitative estimate of drug-likeness (QED) is 0.946. The molecule has 0 radical (unpaired) electrons. The maximum atomic E-state index is 8.98. The van der Waals surface area contributed by atoms with Gasteiger partial charge in [-0.1, -0.05) is 0 Å². The Balaban J connectivity index is 2.24. The summed E-state index contributed by atoms with van der Waals surface area (Å²) in [5.74, 6) is 1.13. The van der Waals surface area contributed by atoms with Gasteiger partial charge in [-0.05, 0) is 40.5 Å². The lowest BCUT2D eigenvalue weighted by Crippen LogP contribution is -1.94. The van der Waals surface area contributed by atoms with Gasteiger partial charge in [-0.25, -0.2) is 4.98 Å². The minimum absolute atomic E-state index is 0.0213. The van der Waals surface area contributed by atoms with Crippen LogP contribution in [0.1, 0.15) is 11.1 Å². The number of aromatic nitrogens is 2. The van der Waals surface area contributed by atoms with Crippen LogP contribution in [0.5, 0.6) is 11.6 Å². The van der Waals surface area contributed by atoms with Gasteiger partial charge < -0.3 is 9.84 Å². The number of pyridine rings is 2. The Labute approximate surface area is 107 Å². The average molecular weight is 295 g/mol. The van der Waals surface area contributed by atoms with Crippen molar-refractivity contribution in [2.75, 3.05) is 0 Å². The fraction of sp³-hybridized carbons (Fsp3) is 0.167. The van der Waals surface area contributed by atoms with Gasteiger partial charge in [-0.15, -0.1) is 0 Å². The van der Waals surface area contributed by atoms with Crippen LogP contribution in [0.25, 0.3) is 0 Å². The van der Waals surface area contributed by atoms with E-state index in [0.29, 0.717) is 11.6 Å². The summed E-state index contributed by atoms with van der Waals surface area (Å²) in [6.07, 6.45) is 4.89. The second kappa shape index (κ2) is 5.25. The van der Waals surface area contributed by atoms with Crippen LogP contribution in [0.3, 0.4) is 0 Å².